The van der Waals surface area contributed by atoms with Gasteiger partial charge < -0.3 is 4.74 Å². The molecule has 2 bridgehead atoms. The molecule has 0 aliphatic heterocycles. The minimum atomic E-state index is -0.277. The summed E-state index contributed by atoms with van der Waals surface area (Å²) in [6, 6.07) is 4.56. The molecule has 2 aliphatic carbocycles. The van der Waals surface area contributed by atoms with E-state index in [-0.39, 0.29) is 5.82 Å². The van der Waals surface area contributed by atoms with E-state index in [1.54, 1.807) is 6.07 Å². The van der Waals surface area contributed by atoms with Gasteiger partial charge in [-0.1, -0.05) is 18.3 Å². The fourth-order valence-corrected chi connectivity index (χ4v) is 3.80. The highest BCUT2D eigenvalue weighted by Gasteiger charge is 2.39. The molecule has 21 heavy (non-hydrogen) atoms. The molecule has 112 valence electrons. The molecule has 3 rings (SSSR count). The summed E-state index contributed by atoms with van der Waals surface area (Å²) in [5, 5.41) is 0. The van der Waals surface area contributed by atoms with Gasteiger partial charge in [0, 0.05) is 18.4 Å². The second-order valence-corrected chi connectivity index (χ2v) is 6.51. The Labute approximate surface area is 130 Å². The lowest BCUT2D eigenvalue weighted by Crippen LogP contribution is -2.18. The molecule has 1 aromatic carbocycles. The fourth-order valence-electron chi connectivity index (χ4n) is 3.70. The Morgan fingerprint density at radius 3 is 2.90 bits per heavy atom. The summed E-state index contributed by atoms with van der Waals surface area (Å²) in [6.45, 7) is 0.689. The maximum absolute atomic E-state index is 13.4. The van der Waals surface area contributed by atoms with E-state index >= 15 is 0 Å². The van der Waals surface area contributed by atoms with Crippen LogP contribution in [-0.4, -0.2) is 12.5 Å². The maximum atomic E-state index is 13.4. The third kappa shape index (κ3) is 3.52. The maximum Gasteiger partial charge on any atom is 0.137 e. The Balaban J connectivity index is 1.66. The van der Waals surface area contributed by atoms with Crippen molar-refractivity contribution >= 4 is 11.6 Å². The van der Waals surface area contributed by atoms with Crippen molar-refractivity contribution in [1.29, 1.82) is 0 Å². The summed E-state index contributed by atoms with van der Waals surface area (Å²) in [5.41, 5.74) is 0.754. The number of halogens is 2. The minimum absolute atomic E-state index is 0.277. The lowest BCUT2D eigenvalue weighted by Gasteiger charge is -2.22. The summed E-state index contributed by atoms with van der Waals surface area (Å²) in [7, 11) is 0. The van der Waals surface area contributed by atoms with Crippen LogP contribution >= 0.6 is 11.6 Å². The smallest absolute Gasteiger partial charge is 0.137 e. The van der Waals surface area contributed by atoms with Crippen LogP contribution < -0.4 is 4.74 Å². The normalized spacial score (nSPS) is 26.5. The molecule has 2 aliphatic rings. The second-order valence-electron chi connectivity index (χ2n) is 6.13. The molecule has 0 aromatic heterocycles. The fraction of sp³-hybridized carbons (Fsp3) is 0.556. The zero-order chi connectivity index (χ0) is 14.7. The lowest BCUT2D eigenvalue weighted by molar-refractivity contribution is 0.194. The van der Waals surface area contributed by atoms with Gasteiger partial charge in [0.25, 0.3) is 0 Å². The molecular weight excluding hydrogens is 287 g/mol. The van der Waals surface area contributed by atoms with Crippen LogP contribution in [0.5, 0.6) is 5.75 Å². The van der Waals surface area contributed by atoms with Gasteiger partial charge in [0.1, 0.15) is 11.6 Å². The van der Waals surface area contributed by atoms with Crippen molar-refractivity contribution in [1.82, 2.24) is 0 Å². The number of ether oxygens (including phenoxy) is 1. The zero-order valence-electron chi connectivity index (χ0n) is 12.1. The van der Waals surface area contributed by atoms with Gasteiger partial charge >= 0.3 is 0 Å². The van der Waals surface area contributed by atoms with Crippen molar-refractivity contribution in [2.24, 2.45) is 17.8 Å². The Bertz CT molecular complexity index is 560. The van der Waals surface area contributed by atoms with E-state index in [4.69, 9.17) is 16.3 Å². The summed E-state index contributed by atoms with van der Waals surface area (Å²) >= 11 is 5.62. The largest absolute Gasteiger partial charge is 0.492 e. The molecule has 0 radical (unpaired) electrons. The van der Waals surface area contributed by atoms with Crippen LogP contribution in [0.3, 0.4) is 0 Å². The Morgan fingerprint density at radius 2 is 2.19 bits per heavy atom. The SMILES string of the molecule is Fc1ccc(C#CCCCl)c(OCC2CC3CCC2C3)c1. The highest BCUT2D eigenvalue weighted by atomic mass is 35.5. The molecule has 2 saturated carbocycles. The number of hydrogen-bond acceptors (Lipinski definition) is 1. The molecular formula is C18H20ClFO. The first-order valence-electron chi connectivity index (χ1n) is 7.73. The van der Waals surface area contributed by atoms with Crippen molar-refractivity contribution in [2.45, 2.75) is 32.1 Å². The highest BCUT2D eigenvalue weighted by molar-refractivity contribution is 6.18. The first-order valence-corrected chi connectivity index (χ1v) is 8.27. The number of benzene rings is 1. The molecule has 0 amide bonds. The van der Waals surface area contributed by atoms with Crippen molar-refractivity contribution < 1.29 is 9.13 Å². The van der Waals surface area contributed by atoms with Crippen LogP contribution in [0.4, 0.5) is 4.39 Å². The van der Waals surface area contributed by atoms with Gasteiger partial charge in [0.2, 0.25) is 0 Å². The highest BCUT2D eigenvalue weighted by Crippen LogP contribution is 2.48. The van der Waals surface area contributed by atoms with E-state index in [1.807, 2.05) is 0 Å². The topological polar surface area (TPSA) is 9.23 Å². The van der Waals surface area contributed by atoms with E-state index < -0.39 is 0 Å². The summed E-state index contributed by atoms with van der Waals surface area (Å²) < 4.78 is 19.3. The third-order valence-electron chi connectivity index (χ3n) is 4.72. The average molecular weight is 307 g/mol. The Kier molecular flexibility index (Phi) is 4.70. The number of hydrogen-bond donors (Lipinski definition) is 0. The van der Waals surface area contributed by atoms with Crippen LogP contribution in [0.25, 0.3) is 0 Å². The lowest BCUT2D eigenvalue weighted by atomic mass is 9.89. The monoisotopic (exact) mass is 306 g/mol. The van der Waals surface area contributed by atoms with Crippen molar-refractivity contribution in [3.63, 3.8) is 0 Å². The summed E-state index contributed by atoms with van der Waals surface area (Å²) in [5.74, 6) is 9.16. The second kappa shape index (κ2) is 6.71. The summed E-state index contributed by atoms with van der Waals surface area (Å²) in [6.07, 6.45) is 5.98. The Hall–Kier alpha value is -1.20. The molecule has 0 N–H and O–H groups in total. The molecule has 1 aromatic rings. The number of rotatable bonds is 4. The predicted molar refractivity (Wildman–Crippen MR) is 83.0 cm³/mol. The third-order valence-corrected chi connectivity index (χ3v) is 4.91. The van der Waals surface area contributed by atoms with E-state index in [9.17, 15) is 4.39 Å². The van der Waals surface area contributed by atoms with E-state index in [1.165, 1.54) is 37.8 Å². The van der Waals surface area contributed by atoms with Gasteiger partial charge in [-0.3, -0.25) is 0 Å². The van der Waals surface area contributed by atoms with Gasteiger partial charge in [-0.2, -0.15) is 0 Å². The van der Waals surface area contributed by atoms with Crippen LogP contribution in [0, 0.1) is 35.4 Å². The number of fused-ring (bicyclic) bond motifs is 2. The first kappa shape index (κ1) is 14.7. The summed E-state index contributed by atoms with van der Waals surface area (Å²) in [4.78, 5) is 0. The van der Waals surface area contributed by atoms with Crippen LogP contribution in [0.2, 0.25) is 0 Å². The van der Waals surface area contributed by atoms with Gasteiger partial charge in [-0.25, -0.2) is 4.39 Å². The van der Waals surface area contributed by atoms with E-state index in [0.29, 0.717) is 30.6 Å². The molecule has 2 fully saturated rings. The molecule has 0 heterocycles. The predicted octanol–water partition coefficient (Wildman–Crippen LogP) is 4.62. The van der Waals surface area contributed by atoms with Crippen molar-refractivity contribution in [3.8, 4) is 17.6 Å². The Morgan fingerprint density at radius 1 is 1.29 bits per heavy atom. The first-order chi connectivity index (χ1) is 10.3. The van der Waals surface area contributed by atoms with Gasteiger partial charge in [-0.05, 0) is 49.1 Å². The van der Waals surface area contributed by atoms with Crippen LogP contribution in [0.15, 0.2) is 18.2 Å². The van der Waals surface area contributed by atoms with Crippen molar-refractivity contribution in [2.75, 3.05) is 12.5 Å². The standard InChI is InChI=1S/C18H20ClFO/c19-8-2-1-3-14-6-7-17(20)11-18(14)21-12-16-10-13-4-5-15(16)9-13/h6-7,11,13,15-16H,2,4-5,8-10,12H2. The van der Waals surface area contributed by atoms with Gasteiger partial charge in [0.05, 0.1) is 12.2 Å². The molecule has 1 nitrogen and oxygen atoms in total. The average Bonchev–Trinajstić information content (AvgIpc) is 3.10. The molecule has 0 spiro atoms. The van der Waals surface area contributed by atoms with Crippen molar-refractivity contribution in [3.05, 3.63) is 29.6 Å². The quantitative estimate of drug-likeness (QED) is 0.582. The van der Waals surface area contributed by atoms with Gasteiger partial charge in [0.15, 0.2) is 0 Å². The van der Waals surface area contributed by atoms with Crippen LogP contribution in [0.1, 0.15) is 37.7 Å². The molecule has 0 saturated heterocycles. The molecule has 3 heteroatoms. The van der Waals surface area contributed by atoms with Gasteiger partial charge in [-0.15, -0.1) is 11.6 Å². The number of alkyl halides is 1. The van der Waals surface area contributed by atoms with Crippen LogP contribution in [-0.2, 0) is 0 Å². The minimum Gasteiger partial charge on any atom is -0.492 e. The molecule has 3 atom stereocenters. The zero-order valence-corrected chi connectivity index (χ0v) is 12.8. The molecule has 3 unspecified atom stereocenters. The van der Waals surface area contributed by atoms with E-state index in [0.717, 1.165) is 17.4 Å². The van der Waals surface area contributed by atoms with E-state index in [2.05, 4.69) is 11.8 Å².